The molecule has 1 aromatic carbocycles. The predicted molar refractivity (Wildman–Crippen MR) is 125 cm³/mol. The Kier molecular flexibility index (Phi) is 11.5. The van der Waals surface area contributed by atoms with Gasteiger partial charge in [-0.1, -0.05) is 29.3 Å². The van der Waals surface area contributed by atoms with Crippen molar-refractivity contribution < 1.29 is 19.8 Å². The van der Waals surface area contributed by atoms with Gasteiger partial charge < -0.3 is 20.8 Å². The Morgan fingerprint density at radius 3 is 2.97 bits per heavy atom. The van der Waals surface area contributed by atoms with Crippen LogP contribution in [0, 0.1) is 10.6 Å². The van der Waals surface area contributed by atoms with Crippen molar-refractivity contribution in [3.05, 3.63) is 39.0 Å². The maximum absolute atomic E-state index is 12.1. The second-order valence-electron chi connectivity index (χ2n) is 6.46. The number of hydrogen-bond donors (Lipinski definition) is 5. The van der Waals surface area contributed by atoms with Gasteiger partial charge in [-0.25, -0.2) is 0 Å². The van der Waals surface area contributed by atoms with Crippen LogP contribution >= 0.6 is 46.7 Å². The van der Waals surface area contributed by atoms with Crippen LogP contribution in [0.2, 0.25) is 10.0 Å². The summed E-state index contributed by atoms with van der Waals surface area (Å²) in [4.78, 5) is 16.6. The number of ether oxygens (including phenoxy) is 1. The molecular formula is C17H24Cl2N6O4S2. The molecular weight excluding hydrogens is 487 g/mol. The number of halogens is 2. The van der Waals surface area contributed by atoms with Crippen molar-refractivity contribution in [2.24, 2.45) is 10.7 Å². The van der Waals surface area contributed by atoms with Crippen molar-refractivity contribution in [1.82, 2.24) is 10.3 Å². The molecule has 1 aromatic rings. The number of amides is 1. The maximum atomic E-state index is 12.1. The highest BCUT2D eigenvalue weighted by molar-refractivity contribution is 8.44. The first kappa shape index (κ1) is 26.3. The standard InChI is InChI=1S/C17H24Cl2N6O4S2/c18-13-2-1-11(5-14(13)19)7-24-3-4-29-12(8-24)6-22-25(28)10-30-17(21)31-16(20)23-15(27)9-26/h1-2,5,12,21-22,25-26H,3-4,6-10H2,(H2,20,23,27)/t12-/m0/s1. The van der Waals surface area contributed by atoms with Gasteiger partial charge in [0, 0.05) is 19.6 Å². The number of aliphatic hydroxyl groups excluding tert-OH is 1. The van der Waals surface area contributed by atoms with Gasteiger partial charge in [0.15, 0.2) is 5.17 Å². The minimum absolute atomic E-state index is 0.0175. The van der Waals surface area contributed by atoms with E-state index in [1.54, 1.807) is 6.07 Å². The number of rotatable bonds is 8. The monoisotopic (exact) mass is 510 g/mol. The molecule has 0 aliphatic carbocycles. The second kappa shape index (κ2) is 13.6. The molecule has 0 spiro atoms. The molecule has 6 N–H and O–H groups in total. The Hall–Kier alpha value is -0.930. The molecule has 0 bridgehead atoms. The first-order valence-electron chi connectivity index (χ1n) is 9.18. The number of nitrogens with one attached hydrogen (secondary N) is 3. The number of carbonyl (C=O) groups excluding carboxylic acids is 1. The minimum Gasteiger partial charge on any atom is -0.612 e. The van der Waals surface area contributed by atoms with Crippen molar-refractivity contribution in [3.63, 3.8) is 0 Å². The highest BCUT2D eigenvalue weighted by Gasteiger charge is 2.21. The zero-order valence-corrected chi connectivity index (χ0v) is 19.6. The number of hydrogen-bond acceptors (Lipinski definition) is 9. The van der Waals surface area contributed by atoms with Crippen LogP contribution in [0.5, 0.6) is 0 Å². The van der Waals surface area contributed by atoms with E-state index in [-0.39, 0.29) is 26.7 Å². The van der Waals surface area contributed by atoms with Gasteiger partial charge in [0.2, 0.25) is 0 Å². The number of amidine groups is 1. The molecule has 0 radical (unpaired) electrons. The average Bonchev–Trinajstić information content (AvgIpc) is 2.73. The summed E-state index contributed by atoms with van der Waals surface area (Å²) in [5.74, 6) is -0.770. The molecule has 0 aromatic heterocycles. The number of benzene rings is 1. The molecule has 172 valence electrons. The van der Waals surface area contributed by atoms with Crippen molar-refractivity contribution in [1.29, 1.82) is 5.41 Å². The minimum atomic E-state index is -0.791. The van der Waals surface area contributed by atoms with Crippen molar-refractivity contribution in [3.8, 4) is 0 Å². The smallest absolute Gasteiger partial charge is 0.273 e. The lowest BCUT2D eigenvalue weighted by Gasteiger charge is -2.34. The molecule has 1 unspecified atom stereocenters. The lowest BCUT2D eigenvalue weighted by Crippen LogP contribution is -3.14. The summed E-state index contributed by atoms with van der Waals surface area (Å²) in [6.45, 7) is 2.30. The van der Waals surface area contributed by atoms with Gasteiger partial charge in [-0.05, 0) is 41.2 Å². The van der Waals surface area contributed by atoms with E-state index in [1.807, 2.05) is 12.1 Å². The van der Waals surface area contributed by atoms with E-state index in [4.69, 9.17) is 44.2 Å². The van der Waals surface area contributed by atoms with Gasteiger partial charge in [-0.2, -0.15) is 10.4 Å². The normalized spacial score (nSPS) is 18.7. The second-order valence-corrected chi connectivity index (χ2v) is 9.55. The van der Waals surface area contributed by atoms with Crippen LogP contribution in [-0.4, -0.2) is 70.3 Å². The van der Waals surface area contributed by atoms with Crippen LogP contribution in [0.25, 0.3) is 0 Å². The van der Waals surface area contributed by atoms with Crippen molar-refractivity contribution >= 4 is 62.2 Å². The molecule has 31 heavy (non-hydrogen) atoms. The lowest BCUT2D eigenvalue weighted by atomic mass is 10.2. The van der Waals surface area contributed by atoms with Gasteiger partial charge in [0.1, 0.15) is 16.9 Å². The Bertz CT molecular complexity index is 804. The quantitative estimate of drug-likeness (QED) is 0.143. The molecule has 1 aliphatic rings. The van der Waals surface area contributed by atoms with E-state index in [9.17, 15) is 10.0 Å². The zero-order chi connectivity index (χ0) is 22.8. The van der Waals surface area contributed by atoms with Gasteiger partial charge >= 0.3 is 0 Å². The molecule has 2 atom stereocenters. The third-order valence-electron chi connectivity index (χ3n) is 4.04. The molecule has 2 rings (SSSR count). The van der Waals surface area contributed by atoms with Gasteiger partial charge in [-0.15, -0.1) is 0 Å². The third kappa shape index (κ3) is 10.0. The van der Waals surface area contributed by atoms with Gasteiger partial charge in [0.05, 0.1) is 29.3 Å². The summed E-state index contributed by atoms with van der Waals surface area (Å²) in [6, 6.07) is 5.55. The summed E-state index contributed by atoms with van der Waals surface area (Å²) < 4.78 is 5.74. The summed E-state index contributed by atoms with van der Waals surface area (Å²) in [5.41, 5.74) is 9.34. The molecule has 14 heteroatoms. The Morgan fingerprint density at radius 1 is 1.48 bits per heavy atom. The molecule has 1 aliphatic heterocycles. The number of aliphatic imine (C=N–C) groups is 1. The number of aliphatic hydroxyl groups is 1. The third-order valence-corrected chi connectivity index (χ3v) is 6.54. The Balaban J connectivity index is 1.69. The molecule has 1 fully saturated rings. The van der Waals surface area contributed by atoms with E-state index in [1.165, 1.54) is 0 Å². The van der Waals surface area contributed by atoms with Crippen LogP contribution in [0.4, 0.5) is 0 Å². The number of nitrogens with zero attached hydrogens (tertiary/aromatic N) is 2. The van der Waals surface area contributed by atoms with Crippen LogP contribution in [0.15, 0.2) is 23.2 Å². The topological polar surface area (TPSA) is 152 Å². The number of quaternary nitrogens is 1. The molecule has 1 heterocycles. The summed E-state index contributed by atoms with van der Waals surface area (Å²) in [5, 5.41) is 29.1. The largest absolute Gasteiger partial charge is 0.612 e. The number of hydroxylamine groups is 1. The van der Waals surface area contributed by atoms with Gasteiger partial charge in [0.25, 0.3) is 5.91 Å². The molecule has 1 saturated heterocycles. The van der Waals surface area contributed by atoms with Crippen LogP contribution in [0.3, 0.4) is 0 Å². The highest BCUT2D eigenvalue weighted by atomic mass is 35.5. The van der Waals surface area contributed by atoms with E-state index in [0.717, 1.165) is 35.6 Å². The zero-order valence-electron chi connectivity index (χ0n) is 16.5. The molecule has 0 saturated carbocycles. The fourth-order valence-electron chi connectivity index (χ4n) is 2.66. The van der Waals surface area contributed by atoms with Crippen LogP contribution in [0.1, 0.15) is 5.56 Å². The fraction of sp³-hybridized carbons (Fsp3) is 0.471. The van der Waals surface area contributed by atoms with E-state index < -0.39 is 12.5 Å². The predicted octanol–water partition coefficient (Wildman–Crippen LogP) is 0.274. The van der Waals surface area contributed by atoms with E-state index in [2.05, 4.69) is 15.3 Å². The summed E-state index contributed by atoms with van der Waals surface area (Å²) in [7, 11) is 0. The number of nitrogens with two attached hydrogens (primary N) is 1. The Morgan fingerprint density at radius 2 is 2.26 bits per heavy atom. The van der Waals surface area contributed by atoms with E-state index >= 15 is 0 Å². The van der Waals surface area contributed by atoms with Gasteiger partial charge in [-0.3, -0.25) is 20.3 Å². The highest BCUT2D eigenvalue weighted by Crippen LogP contribution is 2.23. The number of morpholine rings is 1. The molecule has 1 amide bonds. The van der Waals surface area contributed by atoms with Crippen molar-refractivity contribution in [2.45, 2.75) is 12.6 Å². The van der Waals surface area contributed by atoms with Crippen LogP contribution in [-0.2, 0) is 16.1 Å². The first-order valence-corrected chi connectivity index (χ1v) is 11.7. The van der Waals surface area contributed by atoms with E-state index in [0.29, 0.717) is 36.3 Å². The summed E-state index contributed by atoms with van der Waals surface area (Å²) >= 11 is 13.7. The van der Waals surface area contributed by atoms with Crippen LogP contribution < -0.4 is 16.3 Å². The average molecular weight is 511 g/mol. The number of thioether (sulfide) groups is 2. The first-order chi connectivity index (χ1) is 14.8. The number of carbonyl (C=O) groups is 1. The SMILES string of the molecule is N=C(SC[NH+]([O-])NC[C@H]1CN(Cc2ccc(Cl)c(Cl)c2)CCO1)SC(N)=NC(=O)CO. The maximum Gasteiger partial charge on any atom is 0.273 e. The Labute approximate surface area is 198 Å². The fourth-order valence-corrected chi connectivity index (χ4v) is 4.35. The molecule has 10 nitrogen and oxygen atoms in total. The summed E-state index contributed by atoms with van der Waals surface area (Å²) in [6.07, 6.45) is -0.147. The van der Waals surface area contributed by atoms with Crippen molar-refractivity contribution in [2.75, 3.05) is 38.7 Å². The lowest BCUT2D eigenvalue weighted by molar-refractivity contribution is -0.883.